The van der Waals surface area contributed by atoms with Crippen LogP contribution >= 0.6 is 0 Å². The number of rotatable bonds is 9. The average Bonchev–Trinajstić information content (AvgIpc) is 2.93. The summed E-state index contributed by atoms with van der Waals surface area (Å²) in [5, 5.41) is 9.63. The number of carbonyl (C=O) groups is 3. The van der Waals surface area contributed by atoms with Gasteiger partial charge in [0, 0.05) is 60.4 Å². The number of ether oxygens (including phenoxy) is 1. The SMILES string of the molecule is CC(C)(C)OC(=O)N1CCC(C(=O)Nc2ccc(Nc3cc(NCc4ccccc4)c(CC(N)=O)cn3)cc2)CC1. The number of hydrogen-bond acceptors (Lipinski definition) is 7. The smallest absolute Gasteiger partial charge is 0.410 e. The number of hydrogen-bond donors (Lipinski definition) is 4. The monoisotopic (exact) mass is 558 g/mol. The lowest BCUT2D eigenvalue weighted by atomic mass is 9.96. The number of nitrogens with one attached hydrogen (secondary N) is 3. The first-order valence-corrected chi connectivity index (χ1v) is 13.8. The number of nitrogens with zero attached hydrogens (tertiary/aromatic N) is 2. The number of piperidine rings is 1. The summed E-state index contributed by atoms with van der Waals surface area (Å²) in [4.78, 5) is 42.8. The van der Waals surface area contributed by atoms with E-state index in [1.165, 1.54) is 0 Å². The van der Waals surface area contributed by atoms with Crippen molar-refractivity contribution in [3.05, 3.63) is 78.0 Å². The maximum Gasteiger partial charge on any atom is 0.410 e. The minimum atomic E-state index is -0.543. The molecule has 216 valence electrons. The Hall–Kier alpha value is -4.60. The third-order valence-corrected chi connectivity index (χ3v) is 6.62. The van der Waals surface area contributed by atoms with Gasteiger partial charge in [0.25, 0.3) is 0 Å². The van der Waals surface area contributed by atoms with E-state index in [1.807, 2.05) is 81.4 Å². The van der Waals surface area contributed by atoms with Crippen LogP contribution in [0.5, 0.6) is 0 Å². The summed E-state index contributed by atoms with van der Waals surface area (Å²) in [6.45, 7) is 7.09. The van der Waals surface area contributed by atoms with Crippen LogP contribution in [0, 0.1) is 5.92 Å². The van der Waals surface area contributed by atoms with Crippen LogP contribution < -0.4 is 21.7 Å². The van der Waals surface area contributed by atoms with E-state index in [9.17, 15) is 14.4 Å². The first-order chi connectivity index (χ1) is 19.6. The molecule has 41 heavy (non-hydrogen) atoms. The van der Waals surface area contributed by atoms with Crippen molar-refractivity contribution in [1.29, 1.82) is 0 Å². The van der Waals surface area contributed by atoms with Crippen molar-refractivity contribution < 1.29 is 19.1 Å². The molecule has 4 rings (SSSR count). The average molecular weight is 559 g/mol. The standard InChI is InChI=1S/C31H38N6O4/c1-31(2,3)41-30(40)37-15-13-22(14-16-37)29(39)36-25-11-9-24(10-12-25)35-28-18-26(23(20-34-28)17-27(32)38)33-19-21-7-5-4-6-8-21/h4-12,18,20,22H,13-17,19H2,1-3H3,(H2,32,38)(H,36,39)(H2,33,34,35). The third kappa shape index (κ3) is 8.96. The second-order valence-corrected chi connectivity index (χ2v) is 11.1. The van der Waals surface area contributed by atoms with Crippen LogP contribution in [0.15, 0.2) is 66.9 Å². The molecule has 0 atom stereocenters. The minimum absolute atomic E-state index is 0.0598. The fourth-order valence-electron chi connectivity index (χ4n) is 4.52. The quantitative estimate of drug-likeness (QED) is 0.288. The van der Waals surface area contributed by atoms with E-state index in [0.29, 0.717) is 49.5 Å². The molecule has 1 aromatic heterocycles. The van der Waals surface area contributed by atoms with Crippen molar-refractivity contribution in [2.24, 2.45) is 11.7 Å². The second-order valence-electron chi connectivity index (χ2n) is 11.1. The highest BCUT2D eigenvalue weighted by molar-refractivity contribution is 5.93. The minimum Gasteiger partial charge on any atom is -0.444 e. The van der Waals surface area contributed by atoms with E-state index in [0.717, 1.165) is 16.9 Å². The number of aromatic nitrogens is 1. The van der Waals surface area contributed by atoms with E-state index >= 15 is 0 Å². The highest BCUT2D eigenvalue weighted by Crippen LogP contribution is 2.25. The number of likely N-dealkylation sites (tertiary alicyclic amines) is 1. The number of amides is 3. The van der Waals surface area contributed by atoms with Gasteiger partial charge in [-0.3, -0.25) is 9.59 Å². The van der Waals surface area contributed by atoms with E-state index in [4.69, 9.17) is 10.5 Å². The number of primary amides is 1. The summed E-state index contributed by atoms with van der Waals surface area (Å²) in [6.07, 6.45) is 2.56. The zero-order chi connectivity index (χ0) is 29.4. The second kappa shape index (κ2) is 13.2. The van der Waals surface area contributed by atoms with Crippen LogP contribution in [0.2, 0.25) is 0 Å². The fraction of sp³-hybridized carbons (Fsp3) is 0.355. The Kier molecular flexibility index (Phi) is 9.44. The first kappa shape index (κ1) is 29.4. The van der Waals surface area contributed by atoms with Crippen molar-refractivity contribution in [2.75, 3.05) is 29.0 Å². The van der Waals surface area contributed by atoms with Crippen molar-refractivity contribution in [1.82, 2.24) is 9.88 Å². The molecule has 3 amide bonds. The van der Waals surface area contributed by atoms with Gasteiger partial charge in [-0.05, 0) is 63.4 Å². The molecule has 2 aromatic carbocycles. The van der Waals surface area contributed by atoms with E-state index < -0.39 is 11.5 Å². The van der Waals surface area contributed by atoms with Gasteiger partial charge in [0.15, 0.2) is 0 Å². The normalized spacial score (nSPS) is 13.8. The van der Waals surface area contributed by atoms with Crippen molar-refractivity contribution >= 4 is 40.8 Å². The number of carbonyl (C=O) groups excluding carboxylic acids is 3. The van der Waals surface area contributed by atoms with Crippen LogP contribution in [0.25, 0.3) is 0 Å². The summed E-state index contributed by atoms with van der Waals surface area (Å²) in [5.74, 6) is -0.0596. The molecule has 5 N–H and O–H groups in total. The Morgan fingerprint density at radius 1 is 1.00 bits per heavy atom. The number of anilines is 4. The maximum absolute atomic E-state index is 12.8. The van der Waals surface area contributed by atoms with Gasteiger partial charge in [0.1, 0.15) is 11.4 Å². The topological polar surface area (TPSA) is 139 Å². The predicted molar refractivity (Wildman–Crippen MR) is 160 cm³/mol. The highest BCUT2D eigenvalue weighted by Gasteiger charge is 2.30. The Bertz CT molecular complexity index is 1350. The molecule has 0 bridgehead atoms. The summed E-state index contributed by atoms with van der Waals surface area (Å²) < 4.78 is 5.43. The molecule has 1 aliphatic rings. The van der Waals surface area contributed by atoms with E-state index in [2.05, 4.69) is 20.9 Å². The lowest BCUT2D eigenvalue weighted by molar-refractivity contribution is -0.121. The van der Waals surface area contributed by atoms with Gasteiger partial charge in [0.2, 0.25) is 11.8 Å². The zero-order valence-corrected chi connectivity index (χ0v) is 23.8. The molecule has 1 saturated heterocycles. The molecule has 0 spiro atoms. The van der Waals surface area contributed by atoms with Crippen LogP contribution in [-0.2, 0) is 27.3 Å². The number of benzene rings is 2. The van der Waals surface area contributed by atoms with Crippen LogP contribution in [0.1, 0.15) is 44.7 Å². The lowest BCUT2D eigenvalue weighted by Crippen LogP contribution is -2.43. The molecule has 10 nitrogen and oxygen atoms in total. The van der Waals surface area contributed by atoms with Crippen LogP contribution in [0.4, 0.5) is 27.7 Å². The highest BCUT2D eigenvalue weighted by atomic mass is 16.6. The zero-order valence-electron chi connectivity index (χ0n) is 23.8. The molecule has 3 aromatic rings. The Morgan fingerprint density at radius 3 is 2.29 bits per heavy atom. The van der Waals surface area contributed by atoms with Gasteiger partial charge < -0.3 is 31.3 Å². The summed E-state index contributed by atoms with van der Waals surface area (Å²) in [6, 6.07) is 19.2. The van der Waals surface area contributed by atoms with Crippen molar-refractivity contribution in [3.8, 4) is 0 Å². The molecule has 2 heterocycles. The summed E-state index contributed by atoms with van der Waals surface area (Å²) in [5.41, 5.74) is 8.96. The van der Waals surface area contributed by atoms with Crippen molar-refractivity contribution in [3.63, 3.8) is 0 Å². The lowest BCUT2D eigenvalue weighted by Gasteiger charge is -2.32. The molecule has 1 fully saturated rings. The van der Waals surface area contributed by atoms with Gasteiger partial charge >= 0.3 is 6.09 Å². The molecule has 0 aliphatic carbocycles. The third-order valence-electron chi connectivity index (χ3n) is 6.62. The maximum atomic E-state index is 12.8. The van der Waals surface area contributed by atoms with Gasteiger partial charge in [-0.25, -0.2) is 9.78 Å². The predicted octanol–water partition coefficient (Wildman–Crippen LogP) is 5.05. The van der Waals surface area contributed by atoms with Gasteiger partial charge in [0.05, 0.1) is 6.42 Å². The molecular weight excluding hydrogens is 520 g/mol. The molecule has 10 heteroatoms. The van der Waals surface area contributed by atoms with Crippen LogP contribution in [0.3, 0.4) is 0 Å². The van der Waals surface area contributed by atoms with Gasteiger partial charge in [-0.2, -0.15) is 0 Å². The molecule has 0 radical (unpaired) electrons. The van der Waals surface area contributed by atoms with Crippen molar-refractivity contribution in [2.45, 2.75) is 52.2 Å². The first-order valence-electron chi connectivity index (χ1n) is 13.8. The molecule has 1 aliphatic heterocycles. The summed E-state index contributed by atoms with van der Waals surface area (Å²) >= 11 is 0. The summed E-state index contributed by atoms with van der Waals surface area (Å²) in [7, 11) is 0. The van der Waals surface area contributed by atoms with Gasteiger partial charge in [-0.1, -0.05) is 30.3 Å². The Morgan fingerprint density at radius 2 is 1.66 bits per heavy atom. The molecule has 0 saturated carbocycles. The number of nitrogens with two attached hydrogens (primary N) is 1. The van der Waals surface area contributed by atoms with Crippen LogP contribution in [-0.4, -0.2) is 46.5 Å². The Balaban J connectivity index is 1.32. The van der Waals surface area contributed by atoms with E-state index in [1.54, 1.807) is 11.1 Å². The fourth-order valence-corrected chi connectivity index (χ4v) is 4.52. The molecule has 0 unspecified atom stereocenters. The largest absolute Gasteiger partial charge is 0.444 e. The van der Waals surface area contributed by atoms with E-state index in [-0.39, 0.29) is 24.3 Å². The van der Waals surface area contributed by atoms with Gasteiger partial charge in [-0.15, -0.1) is 0 Å². The Labute approximate surface area is 240 Å². The number of pyridine rings is 1. The molecular formula is C31H38N6O4.